The number of nitrogens with zero attached hydrogens (tertiary/aromatic N) is 2. The summed E-state index contributed by atoms with van der Waals surface area (Å²) in [6.45, 7) is 9.14. The molecule has 5 nitrogen and oxygen atoms in total. The Kier molecular flexibility index (Phi) is 5.57. The minimum absolute atomic E-state index is 0.142. The van der Waals surface area contributed by atoms with E-state index in [9.17, 15) is 14.0 Å². The van der Waals surface area contributed by atoms with Gasteiger partial charge >= 0.3 is 0 Å². The Morgan fingerprint density at radius 1 is 1.28 bits per heavy atom. The van der Waals surface area contributed by atoms with Crippen LogP contribution in [-0.4, -0.2) is 33.8 Å². The van der Waals surface area contributed by atoms with E-state index in [2.05, 4.69) is 10.3 Å². The van der Waals surface area contributed by atoms with Gasteiger partial charge in [0.25, 0.3) is 5.91 Å². The highest BCUT2D eigenvalue weighted by atomic mass is 32.1. The predicted molar refractivity (Wildman–Crippen MR) is 97.4 cm³/mol. The summed E-state index contributed by atoms with van der Waals surface area (Å²) in [5, 5.41) is 3.23. The van der Waals surface area contributed by atoms with Crippen LogP contribution in [0.15, 0.2) is 24.3 Å². The van der Waals surface area contributed by atoms with Crippen LogP contribution in [0, 0.1) is 19.7 Å². The smallest absolute Gasteiger partial charge is 0.254 e. The van der Waals surface area contributed by atoms with Crippen molar-refractivity contribution in [1.29, 1.82) is 0 Å². The second-order valence-corrected chi connectivity index (χ2v) is 7.98. The number of hydrogen-bond donors (Lipinski definition) is 1. The molecule has 0 spiro atoms. The van der Waals surface area contributed by atoms with Gasteiger partial charge in [0, 0.05) is 16.0 Å². The molecule has 0 fully saturated rings. The Hall–Kier alpha value is -2.28. The summed E-state index contributed by atoms with van der Waals surface area (Å²) >= 11 is 1.39. The summed E-state index contributed by atoms with van der Waals surface area (Å²) in [5.74, 6) is -1.22. The standard InChI is InChI=1S/C18H22FN3O2S/c1-11-12(2)25-17(20-11)21-15(23)10-22(18(3,4)5)16(24)13-7-6-8-14(19)9-13/h6-9H,10H2,1-5H3,(H,20,21,23). The maximum absolute atomic E-state index is 13.4. The van der Waals surface area contributed by atoms with Gasteiger partial charge in [-0.1, -0.05) is 6.07 Å². The minimum Gasteiger partial charge on any atom is -0.324 e. The van der Waals surface area contributed by atoms with E-state index in [0.29, 0.717) is 5.13 Å². The zero-order valence-electron chi connectivity index (χ0n) is 15.0. The number of carbonyl (C=O) groups excluding carboxylic acids is 2. The average molecular weight is 363 g/mol. The summed E-state index contributed by atoms with van der Waals surface area (Å²) in [4.78, 5) is 31.9. The van der Waals surface area contributed by atoms with Gasteiger partial charge in [0.15, 0.2) is 5.13 Å². The van der Waals surface area contributed by atoms with Crippen LogP contribution < -0.4 is 5.32 Å². The first kappa shape index (κ1) is 19.1. The Morgan fingerprint density at radius 3 is 2.48 bits per heavy atom. The van der Waals surface area contributed by atoms with Crippen molar-refractivity contribution in [2.24, 2.45) is 0 Å². The molecule has 2 aromatic rings. The number of nitrogens with one attached hydrogen (secondary N) is 1. The molecule has 7 heteroatoms. The number of halogens is 1. The van der Waals surface area contributed by atoms with E-state index in [1.54, 1.807) is 0 Å². The van der Waals surface area contributed by atoms with Gasteiger partial charge in [0.05, 0.1) is 5.69 Å². The van der Waals surface area contributed by atoms with Gasteiger partial charge in [-0.2, -0.15) is 0 Å². The Balaban J connectivity index is 2.17. The maximum Gasteiger partial charge on any atom is 0.254 e. The third-order valence-corrected chi connectivity index (χ3v) is 4.69. The molecule has 2 rings (SSSR count). The van der Waals surface area contributed by atoms with Crippen LogP contribution >= 0.6 is 11.3 Å². The fraction of sp³-hybridized carbons (Fsp3) is 0.389. The summed E-state index contributed by atoms with van der Waals surface area (Å²) < 4.78 is 13.4. The highest BCUT2D eigenvalue weighted by Gasteiger charge is 2.29. The van der Waals surface area contributed by atoms with E-state index in [4.69, 9.17) is 0 Å². The molecule has 0 saturated heterocycles. The molecule has 0 bridgehead atoms. The van der Waals surface area contributed by atoms with E-state index in [1.165, 1.54) is 40.5 Å². The molecule has 2 amide bonds. The van der Waals surface area contributed by atoms with Gasteiger partial charge in [0.1, 0.15) is 12.4 Å². The zero-order chi connectivity index (χ0) is 18.8. The molecular formula is C18H22FN3O2S. The van der Waals surface area contributed by atoms with Crippen LogP contribution in [0.2, 0.25) is 0 Å². The molecule has 1 N–H and O–H groups in total. The second kappa shape index (κ2) is 7.31. The van der Waals surface area contributed by atoms with Crippen molar-refractivity contribution in [3.63, 3.8) is 0 Å². The second-order valence-electron chi connectivity index (χ2n) is 6.78. The Labute approximate surface area is 150 Å². The van der Waals surface area contributed by atoms with Gasteiger partial charge in [-0.3, -0.25) is 9.59 Å². The molecule has 1 heterocycles. The number of aromatic nitrogens is 1. The van der Waals surface area contributed by atoms with E-state index >= 15 is 0 Å². The van der Waals surface area contributed by atoms with Crippen molar-refractivity contribution in [2.45, 2.75) is 40.2 Å². The first-order valence-corrected chi connectivity index (χ1v) is 8.71. The van der Waals surface area contributed by atoms with E-state index in [1.807, 2.05) is 34.6 Å². The zero-order valence-corrected chi connectivity index (χ0v) is 15.8. The largest absolute Gasteiger partial charge is 0.324 e. The molecule has 1 aromatic carbocycles. The lowest BCUT2D eigenvalue weighted by Crippen LogP contribution is -2.49. The number of carbonyl (C=O) groups is 2. The van der Waals surface area contributed by atoms with Crippen molar-refractivity contribution < 1.29 is 14.0 Å². The van der Waals surface area contributed by atoms with Crippen LogP contribution in [0.4, 0.5) is 9.52 Å². The minimum atomic E-state index is -0.602. The van der Waals surface area contributed by atoms with Crippen molar-refractivity contribution in [3.8, 4) is 0 Å². The molecule has 0 aliphatic heterocycles. The number of thiazole rings is 1. The van der Waals surface area contributed by atoms with Crippen LogP contribution in [0.5, 0.6) is 0 Å². The topological polar surface area (TPSA) is 62.3 Å². The van der Waals surface area contributed by atoms with Crippen LogP contribution in [0.25, 0.3) is 0 Å². The van der Waals surface area contributed by atoms with Gasteiger partial charge in [-0.25, -0.2) is 9.37 Å². The average Bonchev–Trinajstić information content (AvgIpc) is 2.81. The number of benzene rings is 1. The molecule has 0 radical (unpaired) electrons. The number of rotatable bonds is 4. The first-order valence-electron chi connectivity index (χ1n) is 7.89. The van der Waals surface area contributed by atoms with Crippen LogP contribution in [0.3, 0.4) is 0 Å². The quantitative estimate of drug-likeness (QED) is 0.899. The fourth-order valence-corrected chi connectivity index (χ4v) is 3.05. The number of aryl methyl sites for hydroxylation is 2. The van der Waals surface area contributed by atoms with E-state index in [0.717, 1.165) is 10.6 Å². The molecule has 134 valence electrons. The maximum atomic E-state index is 13.4. The third kappa shape index (κ3) is 4.85. The van der Waals surface area contributed by atoms with Crippen LogP contribution in [-0.2, 0) is 4.79 Å². The van der Waals surface area contributed by atoms with E-state index < -0.39 is 17.3 Å². The molecule has 1 aromatic heterocycles. The molecule has 25 heavy (non-hydrogen) atoms. The number of hydrogen-bond acceptors (Lipinski definition) is 4. The van der Waals surface area contributed by atoms with Crippen molar-refractivity contribution in [2.75, 3.05) is 11.9 Å². The van der Waals surface area contributed by atoms with Gasteiger partial charge < -0.3 is 10.2 Å². The lowest BCUT2D eigenvalue weighted by Gasteiger charge is -2.35. The lowest BCUT2D eigenvalue weighted by molar-refractivity contribution is -0.117. The first-order chi connectivity index (χ1) is 11.6. The SMILES string of the molecule is Cc1nc(NC(=O)CN(C(=O)c2cccc(F)c2)C(C)(C)C)sc1C. The van der Waals surface area contributed by atoms with Crippen LogP contribution in [0.1, 0.15) is 41.7 Å². The summed E-state index contributed by atoms with van der Waals surface area (Å²) in [7, 11) is 0. The predicted octanol–water partition coefficient (Wildman–Crippen LogP) is 3.78. The molecule has 0 unspecified atom stereocenters. The van der Waals surface area contributed by atoms with Crippen molar-refractivity contribution >= 4 is 28.3 Å². The highest BCUT2D eigenvalue weighted by molar-refractivity contribution is 7.15. The Bertz CT molecular complexity index is 776. The molecule has 0 atom stereocenters. The third-order valence-electron chi connectivity index (χ3n) is 3.70. The molecule has 0 aliphatic rings. The number of anilines is 1. The normalized spacial score (nSPS) is 11.3. The fourth-order valence-electron chi connectivity index (χ4n) is 2.22. The summed E-state index contributed by atoms with van der Waals surface area (Å²) in [5.41, 5.74) is 0.475. The van der Waals surface area contributed by atoms with E-state index in [-0.39, 0.29) is 18.0 Å². The molecule has 0 aliphatic carbocycles. The van der Waals surface area contributed by atoms with Crippen molar-refractivity contribution in [3.05, 3.63) is 46.2 Å². The summed E-state index contributed by atoms with van der Waals surface area (Å²) in [6, 6.07) is 5.46. The lowest BCUT2D eigenvalue weighted by atomic mass is 10.0. The number of amides is 2. The summed E-state index contributed by atoms with van der Waals surface area (Å²) in [6.07, 6.45) is 0. The molecule has 0 saturated carbocycles. The molecular weight excluding hydrogens is 341 g/mol. The van der Waals surface area contributed by atoms with Gasteiger partial charge in [-0.15, -0.1) is 11.3 Å². The van der Waals surface area contributed by atoms with Gasteiger partial charge in [0.2, 0.25) is 5.91 Å². The van der Waals surface area contributed by atoms with Gasteiger partial charge in [-0.05, 0) is 52.8 Å². The Morgan fingerprint density at radius 2 is 1.96 bits per heavy atom. The monoisotopic (exact) mass is 363 g/mol. The van der Waals surface area contributed by atoms with Crippen molar-refractivity contribution in [1.82, 2.24) is 9.88 Å². The highest BCUT2D eigenvalue weighted by Crippen LogP contribution is 2.22.